The van der Waals surface area contributed by atoms with E-state index in [0.29, 0.717) is 12.3 Å². The molecule has 0 fully saturated rings. The summed E-state index contributed by atoms with van der Waals surface area (Å²) in [5.41, 5.74) is 5.78. The summed E-state index contributed by atoms with van der Waals surface area (Å²) < 4.78 is 0. The number of anilines is 1. The van der Waals surface area contributed by atoms with E-state index < -0.39 is 0 Å². The van der Waals surface area contributed by atoms with Crippen LogP contribution in [0.15, 0.2) is 72.8 Å². The summed E-state index contributed by atoms with van der Waals surface area (Å²) in [5, 5.41) is 0.732. The van der Waals surface area contributed by atoms with Crippen LogP contribution < -0.4 is 4.90 Å². The number of hydrogen-bond acceptors (Lipinski definition) is 2. The van der Waals surface area contributed by atoms with Crippen LogP contribution in [0, 0.1) is 5.92 Å². The zero-order valence-electron chi connectivity index (χ0n) is 18.2. The molecule has 1 heterocycles. The molecule has 4 heteroatoms. The second-order valence-electron chi connectivity index (χ2n) is 8.67. The van der Waals surface area contributed by atoms with Gasteiger partial charge in [0.2, 0.25) is 5.91 Å². The largest absolute Gasteiger partial charge is 0.312 e. The van der Waals surface area contributed by atoms with Gasteiger partial charge in [-0.1, -0.05) is 66.2 Å². The van der Waals surface area contributed by atoms with Gasteiger partial charge in [0.1, 0.15) is 0 Å². The first-order valence-electron chi connectivity index (χ1n) is 10.9. The third kappa shape index (κ3) is 5.36. The molecule has 3 aromatic rings. The molecule has 31 heavy (non-hydrogen) atoms. The number of hydrogen-bond donors (Lipinski definition) is 0. The van der Waals surface area contributed by atoms with Crippen LogP contribution >= 0.6 is 11.6 Å². The van der Waals surface area contributed by atoms with Gasteiger partial charge in [-0.2, -0.15) is 0 Å². The van der Waals surface area contributed by atoms with Crippen LogP contribution in [0.25, 0.3) is 11.1 Å². The summed E-state index contributed by atoms with van der Waals surface area (Å²) >= 11 is 6.24. The number of rotatable bonds is 6. The molecule has 0 N–H and O–H groups in total. The maximum atomic E-state index is 13.2. The van der Waals surface area contributed by atoms with Gasteiger partial charge < -0.3 is 9.80 Å². The molecule has 0 radical (unpaired) electrons. The summed E-state index contributed by atoms with van der Waals surface area (Å²) in [7, 11) is 4.16. The number of benzene rings is 3. The Balaban J connectivity index is 1.45. The maximum absolute atomic E-state index is 13.2. The molecular formula is C27H29ClN2O. The number of amides is 1. The molecule has 1 atom stereocenters. The van der Waals surface area contributed by atoms with Gasteiger partial charge in [-0.15, -0.1) is 0 Å². The minimum absolute atomic E-state index is 0.180. The highest BCUT2D eigenvalue weighted by Gasteiger charge is 2.28. The molecule has 4 rings (SSSR count). The van der Waals surface area contributed by atoms with Crippen molar-refractivity contribution in [2.24, 2.45) is 5.92 Å². The van der Waals surface area contributed by atoms with Crippen molar-refractivity contribution in [2.45, 2.75) is 19.3 Å². The third-order valence-electron chi connectivity index (χ3n) is 5.89. The van der Waals surface area contributed by atoms with Crippen LogP contribution in [-0.4, -0.2) is 38.0 Å². The van der Waals surface area contributed by atoms with Crippen molar-refractivity contribution < 1.29 is 4.79 Å². The van der Waals surface area contributed by atoms with Gasteiger partial charge in [0.05, 0.1) is 0 Å². The van der Waals surface area contributed by atoms with Crippen LogP contribution in [0.4, 0.5) is 5.69 Å². The second-order valence-corrected chi connectivity index (χ2v) is 9.11. The fraction of sp³-hybridized carbons (Fsp3) is 0.296. The first kappa shape index (κ1) is 21.6. The summed E-state index contributed by atoms with van der Waals surface area (Å²) in [4.78, 5) is 17.4. The first-order chi connectivity index (χ1) is 15.0. The van der Waals surface area contributed by atoms with E-state index in [1.165, 1.54) is 22.3 Å². The van der Waals surface area contributed by atoms with Crippen molar-refractivity contribution in [3.05, 3.63) is 88.9 Å². The minimum Gasteiger partial charge on any atom is -0.312 e. The van der Waals surface area contributed by atoms with E-state index in [1.54, 1.807) is 0 Å². The molecule has 160 valence electrons. The van der Waals surface area contributed by atoms with Crippen molar-refractivity contribution in [3.8, 4) is 11.1 Å². The molecule has 1 amide bonds. The highest BCUT2D eigenvalue weighted by Crippen LogP contribution is 2.33. The van der Waals surface area contributed by atoms with Gasteiger partial charge in [0, 0.05) is 30.2 Å². The standard InChI is InChI=1S/C27H29ClN2O/c1-29(2)18-21-16-24-17-25(28)13-14-26(24)30(19-21)27(31)15-10-20-8-11-23(12-9-20)22-6-4-3-5-7-22/h3-9,11-14,17,21H,10,15-16,18-19H2,1-2H3. The van der Waals surface area contributed by atoms with E-state index in [4.69, 9.17) is 11.6 Å². The van der Waals surface area contributed by atoms with E-state index in [-0.39, 0.29) is 5.91 Å². The summed E-state index contributed by atoms with van der Waals surface area (Å²) in [6.45, 7) is 1.72. The van der Waals surface area contributed by atoms with Crippen LogP contribution in [0.3, 0.4) is 0 Å². The van der Waals surface area contributed by atoms with Gasteiger partial charge >= 0.3 is 0 Å². The SMILES string of the molecule is CN(C)CC1Cc2cc(Cl)ccc2N(C(=O)CCc2ccc(-c3ccccc3)cc2)C1. The lowest BCUT2D eigenvalue weighted by Gasteiger charge is -2.36. The Kier molecular flexibility index (Phi) is 6.74. The molecule has 1 aliphatic heterocycles. The average molecular weight is 433 g/mol. The smallest absolute Gasteiger partial charge is 0.227 e. The van der Waals surface area contributed by atoms with Gasteiger partial charge in [0.25, 0.3) is 0 Å². The quantitative estimate of drug-likeness (QED) is 0.498. The van der Waals surface area contributed by atoms with Crippen molar-refractivity contribution in [2.75, 3.05) is 32.1 Å². The number of nitrogens with zero attached hydrogens (tertiary/aromatic N) is 2. The summed E-state index contributed by atoms with van der Waals surface area (Å²) in [5.74, 6) is 0.592. The molecule has 0 spiro atoms. The number of carbonyl (C=O) groups is 1. The Bertz CT molecular complexity index is 1030. The molecule has 0 aliphatic carbocycles. The zero-order chi connectivity index (χ0) is 21.8. The Morgan fingerprint density at radius 1 is 1.00 bits per heavy atom. The maximum Gasteiger partial charge on any atom is 0.227 e. The number of aryl methyl sites for hydroxylation is 1. The normalized spacial score (nSPS) is 15.7. The van der Waals surface area contributed by atoms with Gasteiger partial charge in [-0.25, -0.2) is 0 Å². The van der Waals surface area contributed by atoms with E-state index in [2.05, 4.69) is 67.5 Å². The molecule has 1 unspecified atom stereocenters. The highest BCUT2D eigenvalue weighted by molar-refractivity contribution is 6.30. The van der Waals surface area contributed by atoms with Crippen molar-refractivity contribution in [1.29, 1.82) is 0 Å². The Morgan fingerprint density at radius 2 is 1.71 bits per heavy atom. The molecule has 0 saturated carbocycles. The fourth-order valence-electron chi connectivity index (χ4n) is 4.47. The lowest BCUT2D eigenvalue weighted by Crippen LogP contribution is -2.43. The predicted molar refractivity (Wildman–Crippen MR) is 130 cm³/mol. The van der Waals surface area contributed by atoms with E-state index in [0.717, 1.165) is 36.6 Å². The fourth-order valence-corrected chi connectivity index (χ4v) is 4.66. The highest BCUT2D eigenvalue weighted by atomic mass is 35.5. The monoisotopic (exact) mass is 432 g/mol. The Morgan fingerprint density at radius 3 is 2.42 bits per heavy atom. The molecule has 0 saturated heterocycles. The van der Waals surface area contributed by atoms with Gasteiger partial charge in [0.15, 0.2) is 0 Å². The van der Waals surface area contributed by atoms with Crippen molar-refractivity contribution >= 4 is 23.2 Å². The summed E-state index contributed by atoms with van der Waals surface area (Å²) in [6, 6.07) is 24.8. The molecule has 0 aromatic heterocycles. The van der Waals surface area contributed by atoms with Crippen LogP contribution in [-0.2, 0) is 17.6 Å². The Hall–Kier alpha value is -2.62. The molecular weight excluding hydrogens is 404 g/mol. The lowest BCUT2D eigenvalue weighted by atomic mass is 9.91. The second kappa shape index (κ2) is 9.67. The minimum atomic E-state index is 0.180. The zero-order valence-corrected chi connectivity index (χ0v) is 19.0. The van der Waals surface area contributed by atoms with Crippen molar-refractivity contribution in [1.82, 2.24) is 4.90 Å². The molecule has 1 aliphatic rings. The lowest BCUT2D eigenvalue weighted by molar-refractivity contribution is -0.118. The topological polar surface area (TPSA) is 23.6 Å². The summed E-state index contributed by atoms with van der Waals surface area (Å²) in [6.07, 6.45) is 2.20. The van der Waals surface area contributed by atoms with E-state index in [9.17, 15) is 4.79 Å². The van der Waals surface area contributed by atoms with Gasteiger partial charge in [-0.3, -0.25) is 4.79 Å². The first-order valence-corrected chi connectivity index (χ1v) is 11.3. The van der Waals surface area contributed by atoms with Crippen molar-refractivity contribution in [3.63, 3.8) is 0 Å². The van der Waals surface area contributed by atoms with E-state index in [1.807, 2.05) is 29.2 Å². The van der Waals surface area contributed by atoms with Crippen LogP contribution in [0.2, 0.25) is 5.02 Å². The predicted octanol–water partition coefficient (Wildman–Crippen LogP) is 5.71. The third-order valence-corrected chi connectivity index (χ3v) is 6.13. The Labute approximate surface area is 190 Å². The number of halogens is 1. The van der Waals surface area contributed by atoms with Crippen LogP contribution in [0.5, 0.6) is 0 Å². The molecule has 0 bridgehead atoms. The number of fused-ring (bicyclic) bond motifs is 1. The molecule has 3 nitrogen and oxygen atoms in total. The van der Waals surface area contributed by atoms with E-state index >= 15 is 0 Å². The molecule has 3 aromatic carbocycles. The van der Waals surface area contributed by atoms with Crippen LogP contribution in [0.1, 0.15) is 17.5 Å². The number of carbonyl (C=O) groups excluding carboxylic acids is 1. The van der Waals surface area contributed by atoms with Gasteiger partial charge in [-0.05, 0) is 73.3 Å². The average Bonchev–Trinajstić information content (AvgIpc) is 2.77.